The lowest BCUT2D eigenvalue weighted by Crippen LogP contribution is -2.34. The largest absolute Gasteiger partial charge is 0.319 e. The van der Waals surface area contributed by atoms with Crippen LogP contribution in [0.1, 0.15) is 31.7 Å². The fourth-order valence-electron chi connectivity index (χ4n) is 1.69. The molecule has 0 fully saturated rings. The summed E-state index contributed by atoms with van der Waals surface area (Å²) in [5, 5.41) is 3.04. The summed E-state index contributed by atoms with van der Waals surface area (Å²) >= 11 is 1.62. The van der Waals surface area contributed by atoms with Gasteiger partial charge in [-0.2, -0.15) is 0 Å². The number of aromatic nitrogens is 2. The van der Waals surface area contributed by atoms with Crippen molar-refractivity contribution in [2.24, 2.45) is 5.73 Å². The minimum Gasteiger partial charge on any atom is -0.319 e. The smallest absolute Gasteiger partial charge is 0.113 e. The Hall–Kier alpha value is -1.26. The van der Waals surface area contributed by atoms with Crippen LogP contribution in [0.3, 0.4) is 0 Å². The maximum atomic E-state index is 6.34. The average molecular weight is 247 g/mol. The number of hydrogen-bond acceptors (Lipinski definition) is 4. The zero-order valence-electron chi connectivity index (χ0n) is 10.2. The Bertz CT molecular complexity index is 474. The van der Waals surface area contributed by atoms with Gasteiger partial charge in [-0.1, -0.05) is 19.9 Å². The molecular formula is C13H17N3S. The Kier molecular flexibility index (Phi) is 3.54. The van der Waals surface area contributed by atoms with E-state index >= 15 is 0 Å². The van der Waals surface area contributed by atoms with Gasteiger partial charge in [0, 0.05) is 11.6 Å². The maximum Gasteiger partial charge on any atom is 0.113 e. The Morgan fingerprint density at radius 2 is 2.00 bits per heavy atom. The van der Waals surface area contributed by atoms with Crippen LogP contribution in [0.25, 0.3) is 11.4 Å². The van der Waals surface area contributed by atoms with Crippen molar-refractivity contribution < 1.29 is 0 Å². The fraction of sp³-hybridized carbons (Fsp3) is 0.385. The number of thiazole rings is 1. The molecule has 4 heteroatoms. The molecular weight excluding hydrogens is 230 g/mol. The molecule has 0 saturated heterocycles. The van der Waals surface area contributed by atoms with Crippen LogP contribution in [0.2, 0.25) is 0 Å². The van der Waals surface area contributed by atoms with Crippen LogP contribution in [0.5, 0.6) is 0 Å². The topological polar surface area (TPSA) is 51.8 Å². The van der Waals surface area contributed by atoms with E-state index < -0.39 is 0 Å². The number of pyridine rings is 1. The Morgan fingerprint density at radius 1 is 1.24 bits per heavy atom. The molecule has 2 rings (SSSR count). The molecule has 0 amide bonds. The van der Waals surface area contributed by atoms with Gasteiger partial charge in [0.1, 0.15) is 5.01 Å². The van der Waals surface area contributed by atoms with E-state index in [0.717, 1.165) is 29.2 Å². The zero-order chi connectivity index (χ0) is 12.3. The van der Waals surface area contributed by atoms with Crippen LogP contribution in [0, 0.1) is 0 Å². The van der Waals surface area contributed by atoms with E-state index in [2.05, 4.69) is 23.8 Å². The Morgan fingerprint density at radius 3 is 2.59 bits per heavy atom. The van der Waals surface area contributed by atoms with E-state index in [1.54, 1.807) is 17.5 Å². The van der Waals surface area contributed by atoms with Crippen LogP contribution in [0.15, 0.2) is 29.8 Å². The molecule has 0 spiro atoms. The lowest BCUT2D eigenvalue weighted by atomic mass is 9.95. The molecule has 2 N–H and O–H groups in total. The Labute approximate surface area is 106 Å². The normalized spacial score (nSPS) is 11.7. The van der Waals surface area contributed by atoms with Gasteiger partial charge < -0.3 is 5.73 Å². The van der Waals surface area contributed by atoms with Gasteiger partial charge in [0.2, 0.25) is 0 Å². The van der Waals surface area contributed by atoms with Crippen LogP contribution in [0.4, 0.5) is 0 Å². The summed E-state index contributed by atoms with van der Waals surface area (Å²) in [6, 6.07) is 5.84. The van der Waals surface area contributed by atoms with Crippen molar-refractivity contribution in [2.45, 2.75) is 32.2 Å². The average Bonchev–Trinajstić information content (AvgIpc) is 2.89. The predicted octanol–water partition coefficient (Wildman–Crippen LogP) is 3.18. The number of rotatable bonds is 4. The molecule has 2 aromatic heterocycles. The lowest BCUT2D eigenvalue weighted by molar-refractivity contribution is 0.411. The summed E-state index contributed by atoms with van der Waals surface area (Å²) in [5.74, 6) is 0. The first kappa shape index (κ1) is 12.2. The van der Waals surface area contributed by atoms with Crippen molar-refractivity contribution in [2.75, 3.05) is 0 Å². The monoisotopic (exact) mass is 247 g/mol. The van der Waals surface area contributed by atoms with Gasteiger partial charge in [-0.3, -0.25) is 4.98 Å². The molecule has 0 unspecified atom stereocenters. The summed E-state index contributed by atoms with van der Waals surface area (Å²) in [7, 11) is 0. The number of nitrogens with two attached hydrogens (primary N) is 1. The van der Waals surface area contributed by atoms with Crippen molar-refractivity contribution in [3.63, 3.8) is 0 Å². The van der Waals surface area contributed by atoms with Gasteiger partial charge in [-0.05, 0) is 25.0 Å². The van der Waals surface area contributed by atoms with Crippen molar-refractivity contribution in [1.29, 1.82) is 0 Å². The summed E-state index contributed by atoms with van der Waals surface area (Å²) in [5.41, 5.74) is 7.87. The summed E-state index contributed by atoms with van der Waals surface area (Å²) in [4.78, 5) is 8.92. The fourth-order valence-corrected chi connectivity index (χ4v) is 2.76. The van der Waals surface area contributed by atoms with Crippen molar-refractivity contribution >= 4 is 11.3 Å². The molecule has 2 aromatic rings. The van der Waals surface area contributed by atoms with Gasteiger partial charge in [-0.25, -0.2) is 4.98 Å². The molecule has 0 atom stereocenters. The van der Waals surface area contributed by atoms with Crippen LogP contribution < -0.4 is 5.73 Å². The second kappa shape index (κ2) is 4.94. The SMILES string of the molecule is CCC(N)(CC)c1nc(-c2ccccn2)cs1. The van der Waals surface area contributed by atoms with E-state index in [1.807, 2.05) is 23.6 Å². The quantitative estimate of drug-likeness (QED) is 0.902. The molecule has 2 heterocycles. The van der Waals surface area contributed by atoms with Crippen LogP contribution in [-0.2, 0) is 5.54 Å². The van der Waals surface area contributed by atoms with Crippen LogP contribution in [-0.4, -0.2) is 9.97 Å². The molecule has 0 aliphatic heterocycles. The van der Waals surface area contributed by atoms with Gasteiger partial charge in [0.25, 0.3) is 0 Å². The lowest BCUT2D eigenvalue weighted by Gasteiger charge is -2.23. The third kappa shape index (κ3) is 2.37. The summed E-state index contributed by atoms with van der Waals surface area (Å²) in [6.07, 6.45) is 3.58. The van der Waals surface area contributed by atoms with E-state index in [9.17, 15) is 0 Å². The van der Waals surface area contributed by atoms with E-state index in [0.29, 0.717) is 0 Å². The molecule has 0 aliphatic rings. The summed E-state index contributed by atoms with van der Waals surface area (Å²) in [6.45, 7) is 4.21. The molecule has 0 aromatic carbocycles. The van der Waals surface area contributed by atoms with Gasteiger partial charge in [0.05, 0.1) is 16.9 Å². The molecule has 17 heavy (non-hydrogen) atoms. The number of nitrogens with zero attached hydrogens (tertiary/aromatic N) is 2. The molecule has 3 nitrogen and oxygen atoms in total. The standard InChI is InChI=1S/C13H17N3S/c1-3-13(14,4-2)12-16-11(9-17-12)10-7-5-6-8-15-10/h5-9H,3-4,14H2,1-2H3. The van der Waals surface area contributed by atoms with Gasteiger partial charge in [-0.15, -0.1) is 11.3 Å². The first-order valence-corrected chi connectivity index (χ1v) is 6.74. The zero-order valence-corrected chi connectivity index (χ0v) is 11.0. The molecule has 0 radical (unpaired) electrons. The second-order valence-electron chi connectivity index (χ2n) is 4.12. The third-order valence-corrected chi connectivity index (χ3v) is 4.18. The predicted molar refractivity (Wildman–Crippen MR) is 71.8 cm³/mol. The van der Waals surface area contributed by atoms with E-state index in [1.165, 1.54) is 0 Å². The molecule has 0 bridgehead atoms. The van der Waals surface area contributed by atoms with Crippen molar-refractivity contribution in [3.05, 3.63) is 34.8 Å². The number of hydrogen-bond donors (Lipinski definition) is 1. The van der Waals surface area contributed by atoms with Gasteiger partial charge >= 0.3 is 0 Å². The second-order valence-corrected chi connectivity index (χ2v) is 4.97. The first-order chi connectivity index (χ1) is 8.19. The molecule has 0 saturated carbocycles. The highest BCUT2D eigenvalue weighted by Gasteiger charge is 2.26. The van der Waals surface area contributed by atoms with Crippen molar-refractivity contribution in [3.8, 4) is 11.4 Å². The van der Waals surface area contributed by atoms with E-state index in [4.69, 9.17) is 5.73 Å². The first-order valence-electron chi connectivity index (χ1n) is 5.86. The van der Waals surface area contributed by atoms with Gasteiger partial charge in [0.15, 0.2) is 0 Å². The Balaban J connectivity index is 2.34. The van der Waals surface area contributed by atoms with E-state index in [-0.39, 0.29) is 5.54 Å². The highest BCUT2D eigenvalue weighted by Crippen LogP contribution is 2.30. The third-order valence-electron chi connectivity index (χ3n) is 3.12. The van der Waals surface area contributed by atoms with Crippen molar-refractivity contribution in [1.82, 2.24) is 9.97 Å². The minimum absolute atomic E-state index is 0.294. The highest BCUT2D eigenvalue weighted by atomic mass is 32.1. The molecule has 90 valence electrons. The molecule has 0 aliphatic carbocycles. The summed E-state index contributed by atoms with van der Waals surface area (Å²) < 4.78 is 0. The van der Waals surface area contributed by atoms with Crippen LogP contribution >= 0.6 is 11.3 Å². The highest BCUT2D eigenvalue weighted by molar-refractivity contribution is 7.10. The minimum atomic E-state index is -0.294. The maximum absolute atomic E-state index is 6.34.